The van der Waals surface area contributed by atoms with E-state index in [1.165, 1.54) is 23.9 Å². The molecular weight excluding hydrogens is 290 g/mol. The molecule has 0 aliphatic rings. The minimum Gasteiger partial charge on any atom is -0.480 e. The molecule has 0 aromatic carbocycles. The summed E-state index contributed by atoms with van der Waals surface area (Å²) >= 11 is 1.47. The van der Waals surface area contributed by atoms with Crippen LogP contribution in [0.2, 0.25) is 0 Å². The zero-order valence-electron chi connectivity index (χ0n) is 11.7. The number of nitrogens with one attached hydrogen (secondary N) is 1. The van der Waals surface area contributed by atoms with Gasteiger partial charge < -0.3 is 10.4 Å². The van der Waals surface area contributed by atoms with E-state index in [-0.39, 0.29) is 12.3 Å². The fourth-order valence-electron chi connectivity index (χ4n) is 1.82. The van der Waals surface area contributed by atoms with Crippen molar-refractivity contribution in [2.24, 2.45) is 0 Å². The van der Waals surface area contributed by atoms with Crippen molar-refractivity contribution in [3.05, 3.63) is 45.7 Å². The normalized spacial score (nSPS) is 11.9. The van der Waals surface area contributed by atoms with Crippen LogP contribution >= 0.6 is 11.3 Å². The number of nitrogens with zero attached hydrogens (tertiary/aromatic N) is 2. The van der Waals surface area contributed by atoms with E-state index in [0.717, 1.165) is 10.4 Å². The Hall–Kier alpha value is -2.28. The van der Waals surface area contributed by atoms with E-state index in [0.29, 0.717) is 11.3 Å². The standard InChI is InChI=1S/C14H15N3O3S/c1-8-9(2)21-6-11(8)13(18)17-12(14(19)20)5-10-3-4-15-7-16-10/h3-4,6-7,12H,5H2,1-2H3,(H,17,18)(H,19,20). The smallest absolute Gasteiger partial charge is 0.326 e. The van der Waals surface area contributed by atoms with Crippen LogP contribution in [0.3, 0.4) is 0 Å². The Morgan fingerprint density at radius 1 is 1.43 bits per heavy atom. The lowest BCUT2D eigenvalue weighted by atomic mass is 10.1. The summed E-state index contributed by atoms with van der Waals surface area (Å²) < 4.78 is 0. The highest BCUT2D eigenvalue weighted by atomic mass is 32.1. The number of aromatic nitrogens is 2. The van der Waals surface area contributed by atoms with E-state index in [2.05, 4.69) is 15.3 Å². The summed E-state index contributed by atoms with van der Waals surface area (Å²) in [7, 11) is 0. The van der Waals surface area contributed by atoms with E-state index in [9.17, 15) is 14.7 Å². The van der Waals surface area contributed by atoms with Crippen molar-refractivity contribution in [2.45, 2.75) is 26.3 Å². The highest BCUT2D eigenvalue weighted by Crippen LogP contribution is 2.20. The van der Waals surface area contributed by atoms with E-state index >= 15 is 0 Å². The average molecular weight is 305 g/mol. The van der Waals surface area contributed by atoms with Crippen LogP contribution < -0.4 is 5.32 Å². The molecule has 2 aromatic rings. The largest absolute Gasteiger partial charge is 0.480 e. The molecule has 0 spiro atoms. The number of carboxylic acid groups (broad SMARTS) is 1. The van der Waals surface area contributed by atoms with Crippen LogP contribution in [0.1, 0.15) is 26.5 Å². The second-order valence-corrected chi connectivity index (χ2v) is 5.68. The van der Waals surface area contributed by atoms with Gasteiger partial charge in [0.05, 0.1) is 5.56 Å². The predicted molar refractivity (Wildman–Crippen MR) is 78.4 cm³/mol. The molecule has 1 unspecified atom stereocenters. The fourth-order valence-corrected chi connectivity index (χ4v) is 2.69. The topological polar surface area (TPSA) is 92.2 Å². The molecule has 0 fully saturated rings. The number of hydrogen-bond acceptors (Lipinski definition) is 5. The first kappa shape index (κ1) is 15.1. The molecule has 0 saturated carbocycles. The van der Waals surface area contributed by atoms with Crippen LogP contribution in [-0.4, -0.2) is 33.0 Å². The third-order valence-electron chi connectivity index (χ3n) is 3.19. The van der Waals surface area contributed by atoms with E-state index in [1.54, 1.807) is 11.4 Å². The number of amides is 1. The molecule has 0 bridgehead atoms. The molecule has 0 aliphatic heterocycles. The van der Waals surface area contributed by atoms with Gasteiger partial charge in [-0.15, -0.1) is 11.3 Å². The zero-order valence-corrected chi connectivity index (χ0v) is 12.5. The Morgan fingerprint density at radius 2 is 2.19 bits per heavy atom. The average Bonchev–Trinajstić information content (AvgIpc) is 2.79. The van der Waals surface area contributed by atoms with Crippen molar-refractivity contribution in [1.29, 1.82) is 0 Å². The molecule has 0 aliphatic carbocycles. The molecule has 2 heterocycles. The van der Waals surface area contributed by atoms with Gasteiger partial charge in [-0.25, -0.2) is 14.8 Å². The summed E-state index contributed by atoms with van der Waals surface area (Å²) in [6.07, 6.45) is 3.00. The van der Waals surface area contributed by atoms with Crippen molar-refractivity contribution < 1.29 is 14.7 Å². The Bertz CT molecular complexity index is 655. The predicted octanol–water partition coefficient (Wildman–Crippen LogP) is 1.58. The van der Waals surface area contributed by atoms with Gasteiger partial charge in [0, 0.05) is 28.6 Å². The molecule has 2 N–H and O–H groups in total. The van der Waals surface area contributed by atoms with Gasteiger partial charge in [0.2, 0.25) is 0 Å². The summed E-state index contributed by atoms with van der Waals surface area (Å²) in [5, 5.41) is 13.5. The summed E-state index contributed by atoms with van der Waals surface area (Å²) in [5.74, 6) is -1.47. The van der Waals surface area contributed by atoms with Crippen molar-refractivity contribution in [1.82, 2.24) is 15.3 Å². The maximum absolute atomic E-state index is 12.2. The third-order valence-corrected chi connectivity index (χ3v) is 4.20. The highest BCUT2D eigenvalue weighted by Gasteiger charge is 2.23. The quantitative estimate of drug-likeness (QED) is 0.875. The Morgan fingerprint density at radius 3 is 2.71 bits per heavy atom. The third kappa shape index (κ3) is 3.63. The lowest BCUT2D eigenvalue weighted by Gasteiger charge is -2.14. The van der Waals surface area contributed by atoms with Crippen LogP contribution in [0.5, 0.6) is 0 Å². The molecule has 1 atom stereocenters. The fraction of sp³-hybridized carbons (Fsp3) is 0.286. The van der Waals surface area contributed by atoms with Crippen LogP contribution in [0.15, 0.2) is 24.0 Å². The Labute approximate surface area is 125 Å². The number of thiophene rings is 1. The summed E-state index contributed by atoms with van der Waals surface area (Å²) in [6, 6.07) is 0.606. The molecule has 0 saturated heterocycles. The van der Waals surface area contributed by atoms with Gasteiger partial charge in [-0.3, -0.25) is 4.79 Å². The SMILES string of the molecule is Cc1scc(C(=O)NC(Cc2ccncn2)C(=O)O)c1C. The minimum absolute atomic E-state index is 0.117. The number of aliphatic carboxylic acids is 1. The van der Waals surface area contributed by atoms with Gasteiger partial charge in [-0.1, -0.05) is 0 Å². The Kier molecular flexibility index (Phi) is 4.64. The first-order valence-corrected chi connectivity index (χ1v) is 7.20. The molecule has 1 amide bonds. The van der Waals surface area contributed by atoms with Gasteiger partial charge in [0.1, 0.15) is 12.4 Å². The zero-order chi connectivity index (χ0) is 15.4. The maximum Gasteiger partial charge on any atom is 0.326 e. The second-order valence-electron chi connectivity index (χ2n) is 4.60. The molecule has 21 heavy (non-hydrogen) atoms. The number of aryl methyl sites for hydroxylation is 1. The number of hydrogen-bond donors (Lipinski definition) is 2. The number of carbonyl (C=O) groups is 2. The molecule has 7 heteroatoms. The molecule has 6 nitrogen and oxygen atoms in total. The van der Waals surface area contributed by atoms with Crippen LogP contribution in [-0.2, 0) is 11.2 Å². The van der Waals surface area contributed by atoms with Gasteiger partial charge >= 0.3 is 5.97 Å². The molecule has 110 valence electrons. The van der Waals surface area contributed by atoms with Gasteiger partial charge in [0.15, 0.2) is 0 Å². The first-order valence-electron chi connectivity index (χ1n) is 6.32. The second kappa shape index (κ2) is 6.45. The van der Waals surface area contributed by atoms with Crippen LogP contribution in [0, 0.1) is 13.8 Å². The van der Waals surface area contributed by atoms with Gasteiger partial charge in [-0.05, 0) is 25.5 Å². The lowest BCUT2D eigenvalue weighted by Crippen LogP contribution is -2.42. The van der Waals surface area contributed by atoms with Crippen LogP contribution in [0.25, 0.3) is 0 Å². The summed E-state index contributed by atoms with van der Waals surface area (Å²) in [4.78, 5) is 32.3. The monoisotopic (exact) mass is 305 g/mol. The molecular formula is C14H15N3O3S. The highest BCUT2D eigenvalue weighted by molar-refractivity contribution is 7.10. The van der Waals surface area contributed by atoms with Gasteiger partial charge in [-0.2, -0.15) is 0 Å². The Balaban J connectivity index is 2.11. The van der Waals surface area contributed by atoms with Crippen molar-refractivity contribution >= 4 is 23.2 Å². The number of carboxylic acids is 1. The minimum atomic E-state index is -1.09. The summed E-state index contributed by atoms with van der Waals surface area (Å²) in [6.45, 7) is 3.77. The van der Waals surface area contributed by atoms with Crippen LogP contribution in [0.4, 0.5) is 0 Å². The first-order chi connectivity index (χ1) is 9.99. The van der Waals surface area contributed by atoms with Crippen molar-refractivity contribution in [2.75, 3.05) is 0 Å². The molecule has 2 aromatic heterocycles. The number of rotatable bonds is 5. The van der Waals surface area contributed by atoms with Gasteiger partial charge in [0.25, 0.3) is 5.91 Å². The lowest BCUT2D eigenvalue weighted by molar-refractivity contribution is -0.139. The molecule has 2 rings (SSSR count). The summed E-state index contributed by atoms with van der Waals surface area (Å²) in [5.41, 5.74) is 1.96. The van der Waals surface area contributed by atoms with E-state index in [4.69, 9.17) is 0 Å². The van der Waals surface area contributed by atoms with Crippen molar-refractivity contribution in [3.8, 4) is 0 Å². The maximum atomic E-state index is 12.2. The van der Waals surface area contributed by atoms with Crippen molar-refractivity contribution in [3.63, 3.8) is 0 Å². The molecule has 0 radical (unpaired) electrons. The van der Waals surface area contributed by atoms with E-state index < -0.39 is 12.0 Å². The number of carbonyl (C=O) groups excluding carboxylic acids is 1. The van der Waals surface area contributed by atoms with E-state index in [1.807, 2.05) is 13.8 Å².